The molecular weight excluding hydrogens is 414 g/mol. The maximum atomic E-state index is 12.5. The molecule has 1 aromatic heterocycles. The molecule has 11 nitrogen and oxygen atoms in total. The number of amides is 3. The van der Waals surface area contributed by atoms with Gasteiger partial charge in [-0.15, -0.1) is 5.10 Å². The van der Waals surface area contributed by atoms with Gasteiger partial charge in [-0.25, -0.2) is 4.68 Å². The molecule has 0 radical (unpaired) electrons. The molecule has 32 heavy (non-hydrogen) atoms. The molecule has 0 aliphatic rings. The van der Waals surface area contributed by atoms with Gasteiger partial charge in [0, 0.05) is 5.56 Å². The van der Waals surface area contributed by atoms with E-state index < -0.39 is 23.8 Å². The van der Waals surface area contributed by atoms with Gasteiger partial charge in [0.05, 0.1) is 5.69 Å². The highest BCUT2D eigenvalue weighted by atomic mass is 16.5. The average Bonchev–Trinajstić information content (AvgIpc) is 3.35. The number of aromatic nitrogens is 4. The first-order valence-electron chi connectivity index (χ1n) is 9.85. The van der Waals surface area contributed by atoms with Gasteiger partial charge in [-0.2, -0.15) is 0 Å². The average molecular weight is 437 g/mol. The van der Waals surface area contributed by atoms with E-state index in [0.29, 0.717) is 17.0 Å². The van der Waals surface area contributed by atoms with Gasteiger partial charge < -0.3 is 10.1 Å². The van der Waals surface area contributed by atoms with Crippen molar-refractivity contribution in [3.8, 4) is 11.4 Å². The van der Waals surface area contributed by atoms with Gasteiger partial charge in [0.1, 0.15) is 18.1 Å². The largest absolute Gasteiger partial charge is 0.484 e. The lowest BCUT2D eigenvalue weighted by Gasteiger charge is -2.22. The van der Waals surface area contributed by atoms with Crippen LogP contribution in [-0.2, 0) is 9.59 Å². The van der Waals surface area contributed by atoms with Crippen LogP contribution in [0.5, 0.6) is 5.75 Å². The van der Waals surface area contributed by atoms with Crippen LogP contribution in [0, 0.1) is 5.92 Å². The van der Waals surface area contributed by atoms with E-state index >= 15 is 0 Å². The van der Waals surface area contributed by atoms with Crippen LogP contribution in [0.4, 0.5) is 0 Å². The van der Waals surface area contributed by atoms with E-state index in [1.54, 1.807) is 62.4 Å². The number of nitrogens with zero attached hydrogens (tertiary/aromatic N) is 4. The second kappa shape index (κ2) is 10.7. The summed E-state index contributed by atoms with van der Waals surface area (Å²) >= 11 is 0. The lowest BCUT2D eigenvalue weighted by Crippen LogP contribution is -2.55. The Labute approximate surface area is 184 Å². The molecule has 11 heteroatoms. The Morgan fingerprint density at radius 1 is 1.00 bits per heavy atom. The smallest absolute Gasteiger partial charge is 0.269 e. The zero-order valence-electron chi connectivity index (χ0n) is 17.6. The molecule has 0 unspecified atom stereocenters. The summed E-state index contributed by atoms with van der Waals surface area (Å²) in [5.41, 5.74) is 5.70. The van der Waals surface area contributed by atoms with Gasteiger partial charge in [0.2, 0.25) is 0 Å². The van der Waals surface area contributed by atoms with Gasteiger partial charge in [0.25, 0.3) is 17.7 Å². The van der Waals surface area contributed by atoms with Crippen molar-refractivity contribution >= 4 is 17.7 Å². The summed E-state index contributed by atoms with van der Waals surface area (Å²) in [5.74, 6) is -1.18. The zero-order chi connectivity index (χ0) is 22.9. The Bertz CT molecular complexity index is 1040. The Morgan fingerprint density at radius 3 is 2.34 bits per heavy atom. The van der Waals surface area contributed by atoms with Crippen LogP contribution in [-0.4, -0.2) is 50.6 Å². The first-order chi connectivity index (χ1) is 15.4. The first-order valence-corrected chi connectivity index (χ1v) is 9.85. The molecule has 0 saturated heterocycles. The molecule has 3 amide bonds. The molecule has 0 aliphatic heterocycles. The zero-order valence-corrected chi connectivity index (χ0v) is 17.6. The number of hydrogen-bond donors (Lipinski definition) is 3. The van der Waals surface area contributed by atoms with Crippen LogP contribution in [0.3, 0.4) is 0 Å². The number of carbonyl (C=O) groups is 3. The van der Waals surface area contributed by atoms with Crippen molar-refractivity contribution in [2.75, 3.05) is 6.61 Å². The van der Waals surface area contributed by atoms with Crippen LogP contribution in [0.2, 0.25) is 0 Å². The molecule has 1 atom stereocenters. The fourth-order valence-electron chi connectivity index (χ4n) is 2.73. The number of nitrogens with one attached hydrogen (secondary N) is 3. The molecule has 3 rings (SSSR count). The third-order valence-electron chi connectivity index (χ3n) is 4.42. The standard InChI is InChI=1S/C21H23N7O4/c1-14(2)19(23-18(29)12-32-17-6-4-3-5-7-17)21(31)25-24-20(30)15-8-10-16(11-9-15)28-13-22-26-27-28/h3-11,13-14,19H,12H2,1-2H3,(H,23,29)(H,24,30)(H,25,31)/t19-/m0/s1. The highest BCUT2D eigenvalue weighted by molar-refractivity contribution is 5.96. The normalized spacial score (nSPS) is 11.5. The molecule has 0 aliphatic carbocycles. The predicted molar refractivity (Wildman–Crippen MR) is 113 cm³/mol. The van der Waals surface area contributed by atoms with Crippen LogP contribution in [0.1, 0.15) is 24.2 Å². The highest BCUT2D eigenvalue weighted by Crippen LogP contribution is 2.09. The summed E-state index contributed by atoms with van der Waals surface area (Å²) in [7, 11) is 0. The number of ether oxygens (including phenoxy) is 1. The van der Waals surface area contributed by atoms with Gasteiger partial charge in [-0.3, -0.25) is 25.2 Å². The molecule has 166 valence electrons. The first kappa shape index (κ1) is 22.4. The Morgan fingerprint density at radius 2 is 1.72 bits per heavy atom. The number of benzene rings is 2. The van der Waals surface area contributed by atoms with Gasteiger partial charge >= 0.3 is 0 Å². The van der Waals surface area contributed by atoms with Crippen LogP contribution < -0.4 is 20.9 Å². The third-order valence-corrected chi connectivity index (χ3v) is 4.42. The van der Waals surface area contributed by atoms with Gasteiger partial charge in [-0.1, -0.05) is 32.0 Å². The molecule has 0 bridgehead atoms. The summed E-state index contributed by atoms with van der Waals surface area (Å²) in [6, 6.07) is 14.5. The molecule has 0 spiro atoms. The summed E-state index contributed by atoms with van der Waals surface area (Å²) in [4.78, 5) is 37.1. The van der Waals surface area contributed by atoms with E-state index in [9.17, 15) is 14.4 Å². The van der Waals surface area contributed by atoms with Crippen LogP contribution in [0.15, 0.2) is 60.9 Å². The Hall–Kier alpha value is -4.28. The highest BCUT2D eigenvalue weighted by Gasteiger charge is 2.25. The maximum Gasteiger partial charge on any atom is 0.269 e. The SMILES string of the molecule is CC(C)[C@H](NC(=O)COc1ccccc1)C(=O)NNC(=O)c1ccc(-n2cnnn2)cc1. The topological polar surface area (TPSA) is 140 Å². The second-order valence-corrected chi connectivity index (χ2v) is 7.14. The maximum absolute atomic E-state index is 12.5. The minimum Gasteiger partial charge on any atom is -0.484 e. The molecular formula is C21H23N7O4. The van der Waals surface area contributed by atoms with E-state index in [4.69, 9.17) is 4.74 Å². The van der Waals surface area contributed by atoms with E-state index in [-0.39, 0.29) is 12.5 Å². The van der Waals surface area contributed by atoms with Crippen molar-refractivity contribution in [2.24, 2.45) is 5.92 Å². The van der Waals surface area contributed by atoms with Crippen LogP contribution in [0.25, 0.3) is 5.69 Å². The van der Waals surface area contributed by atoms with Crippen molar-refractivity contribution in [2.45, 2.75) is 19.9 Å². The third kappa shape index (κ3) is 6.11. The molecule has 3 aromatic rings. The number of para-hydroxylation sites is 1. The van der Waals surface area contributed by atoms with Gasteiger partial charge in [0.15, 0.2) is 6.61 Å². The summed E-state index contributed by atoms with van der Waals surface area (Å²) in [5, 5.41) is 13.5. The van der Waals surface area contributed by atoms with E-state index in [1.807, 2.05) is 6.07 Å². The Kier molecular flexibility index (Phi) is 7.46. The number of carbonyl (C=O) groups excluding carboxylic acids is 3. The lowest BCUT2D eigenvalue weighted by molar-refractivity contribution is -0.131. The molecule has 1 heterocycles. The lowest BCUT2D eigenvalue weighted by atomic mass is 10.0. The fourth-order valence-corrected chi connectivity index (χ4v) is 2.73. The van der Waals surface area contributed by atoms with Crippen molar-refractivity contribution in [1.82, 2.24) is 36.4 Å². The summed E-state index contributed by atoms with van der Waals surface area (Å²) in [6.45, 7) is 3.32. The van der Waals surface area contributed by atoms with E-state index in [1.165, 1.54) is 11.0 Å². The minimum atomic E-state index is -0.857. The fraction of sp³-hybridized carbons (Fsp3) is 0.238. The second-order valence-electron chi connectivity index (χ2n) is 7.14. The van der Waals surface area contributed by atoms with Crippen molar-refractivity contribution in [3.05, 3.63) is 66.5 Å². The van der Waals surface area contributed by atoms with Crippen molar-refractivity contribution < 1.29 is 19.1 Å². The van der Waals surface area contributed by atoms with Crippen LogP contribution >= 0.6 is 0 Å². The molecule has 2 aromatic carbocycles. The summed E-state index contributed by atoms with van der Waals surface area (Å²) < 4.78 is 6.84. The van der Waals surface area contributed by atoms with Crippen molar-refractivity contribution in [1.29, 1.82) is 0 Å². The predicted octanol–water partition coefficient (Wildman–Crippen LogP) is 0.643. The monoisotopic (exact) mass is 437 g/mol. The summed E-state index contributed by atoms with van der Waals surface area (Å²) in [6.07, 6.45) is 1.43. The molecule has 3 N–H and O–H groups in total. The molecule has 0 fully saturated rings. The quantitative estimate of drug-likeness (QED) is 0.439. The van der Waals surface area contributed by atoms with Gasteiger partial charge in [-0.05, 0) is 52.7 Å². The van der Waals surface area contributed by atoms with E-state index in [0.717, 1.165) is 0 Å². The molecule has 0 saturated carbocycles. The number of rotatable bonds is 8. The van der Waals surface area contributed by atoms with E-state index in [2.05, 4.69) is 31.7 Å². The Balaban J connectivity index is 1.50. The number of hydrazine groups is 1. The minimum absolute atomic E-state index is 0.219. The van der Waals surface area contributed by atoms with Crippen molar-refractivity contribution in [3.63, 3.8) is 0 Å². The number of hydrogen-bond acceptors (Lipinski definition) is 7. The number of tetrazole rings is 1.